The van der Waals surface area contributed by atoms with E-state index in [1.807, 2.05) is 0 Å². The molecule has 0 amide bonds. The Kier molecular flexibility index (Phi) is 5.33. The topological polar surface area (TPSA) is 26.3 Å². The van der Waals surface area contributed by atoms with Crippen molar-refractivity contribution in [2.75, 3.05) is 0 Å². The molecule has 0 radical (unpaired) electrons. The highest BCUT2D eigenvalue weighted by atomic mass is 79.9. The van der Waals surface area contributed by atoms with Gasteiger partial charge in [0.25, 0.3) is 0 Å². The van der Waals surface area contributed by atoms with Gasteiger partial charge in [0.15, 0.2) is 6.29 Å². The molecular weight excluding hydrogens is 386 g/mol. The summed E-state index contributed by atoms with van der Waals surface area (Å²) in [7, 11) is 0. The van der Waals surface area contributed by atoms with Crippen LogP contribution in [-0.4, -0.2) is 6.29 Å². The molecule has 0 saturated carbocycles. The van der Waals surface area contributed by atoms with Crippen molar-refractivity contribution in [2.24, 2.45) is 0 Å². The molecule has 0 aliphatic rings. The van der Waals surface area contributed by atoms with Gasteiger partial charge >= 0.3 is 0 Å². The minimum absolute atomic E-state index is 0.152. The molecule has 0 aromatic heterocycles. The Labute approximate surface area is 139 Å². The van der Waals surface area contributed by atoms with Crippen LogP contribution in [0.4, 0.5) is 0 Å². The molecule has 0 atom stereocenters. The normalized spacial score (nSPS) is 10.4. The first-order chi connectivity index (χ1) is 9.52. The zero-order chi connectivity index (χ0) is 14.7. The van der Waals surface area contributed by atoms with Crippen LogP contribution in [0.2, 0.25) is 15.1 Å². The van der Waals surface area contributed by atoms with Gasteiger partial charge in [0.2, 0.25) is 0 Å². The van der Waals surface area contributed by atoms with Gasteiger partial charge in [-0.2, -0.15) is 0 Å². The van der Waals surface area contributed by atoms with Gasteiger partial charge in [0.1, 0.15) is 12.4 Å². The molecule has 2 rings (SSSR count). The summed E-state index contributed by atoms with van der Waals surface area (Å²) in [5.41, 5.74) is 1.02. The first-order valence-corrected chi connectivity index (χ1v) is 7.45. The lowest BCUT2D eigenvalue weighted by Crippen LogP contribution is -2.00. The molecule has 20 heavy (non-hydrogen) atoms. The van der Waals surface area contributed by atoms with Crippen LogP contribution in [0.5, 0.6) is 5.75 Å². The molecule has 2 aromatic carbocycles. The molecule has 104 valence electrons. The third-order valence-corrected chi connectivity index (χ3v) is 4.10. The Morgan fingerprint density at radius 2 is 1.80 bits per heavy atom. The predicted octanol–water partition coefficient (Wildman–Crippen LogP) is 5.80. The summed E-state index contributed by atoms with van der Waals surface area (Å²) in [6, 6.07) is 8.39. The van der Waals surface area contributed by atoms with E-state index in [2.05, 4.69) is 15.9 Å². The molecule has 0 fully saturated rings. The lowest BCUT2D eigenvalue weighted by molar-refractivity contribution is 0.111. The van der Waals surface area contributed by atoms with Crippen LogP contribution in [0.15, 0.2) is 34.8 Å². The SMILES string of the molecule is O=Cc1cc(Cl)cc(Br)c1OCc1c(Cl)cccc1Cl. The quantitative estimate of drug-likeness (QED) is 0.613. The maximum atomic E-state index is 11.1. The fraction of sp³-hybridized carbons (Fsp3) is 0.0714. The van der Waals surface area contributed by atoms with Crippen molar-refractivity contribution in [1.29, 1.82) is 0 Å². The summed E-state index contributed by atoms with van der Waals surface area (Å²) in [5, 5.41) is 1.47. The average molecular weight is 394 g/mol. The van der Waals surface area contributed by atoms with E-state index < -0.39 is 0 Å². The van der Waals surface area contributed by atoms with Gasteiger partial charge in [0, 0.05) is 20.6 Å². The number of carbonyl (C=O) groups excluding carboxylic acids is 1. The van der Waals surface area contributed by atoms with Gasteiger partial charge in [-0.25, -0.2) is 0 Å². The first kappa shape index (κ1) is 15.6. The molecule has 0 spiro atoms. The van der Waals surface area contributed by atoms with E-state index in [1.54, 1.807) is 24.3 Å². The van der Waals surface area contributed by atoms with Crippen molar-refractivity contribution in [1.82, 2.24) is 0 Å². The molecular formula is C14H8BrCl3O2. The van der Waals surface area contributed by atoms with E-state index in [-0.39, 0.29) is 6.61 Å². The summed E-state index contributed by atoms with van der Waals surface area (Å²) < 4.78 is 6.25. The summed E-state index contributed by atoms with van der Waals surface area (Å²) >= 11 is 21.3. The Balaban J connectivity index is 2.30. The standard InChI is InChI=1S/C14H8BrCl3O2/c15-11-5-9(16)4-8(6-19)14(11)20-7-10-12(17)2-1-3-13(10)18/h1-6H,7H2. The fourth-order valence-corrected chi connectivity index (χ4v) is 3.09. The molecule has 2 nitrogen and oxygen atoms in total. The predicted molar refractivity (Wildman–Crippen MR) is 85.3 cm³/mol. The van der Waals surface area contributed by atoms with Crippen LogP contribution < -0.4 is 4.74 Å². The first-order valence-electron chi connectivity index (χ1n) is 5.53. The van der Waals surface area contributed by atoms with E-state index in [4.69, 9.17) is 39.5 Å². The Bertz CT molecular complexity index is 639. The monoisotopic (exact) mass is 392 g/mol. The summed E-state index contributed by atoms with van der Waals surface area (Å²) in [6.07, 6.45) is 0.681. The molecule has 0 aliphatic carbocycles. The highest BCUT2D eigenvalue weighted by molar-refractivity contribution is 9.10. The van der Waals surface area contributed by atoms with E-state index in [0.717, 1.165) is 0 Å². The molecule has 2 aromatic rings. The van der Waals surface area contributed by atoms with Crippen molar-refractivity contribution in [3.63, 3.8) is 0 Å². The molecule has 0 aliphatic heterocycles. The van der Waals surface area contributed by atoms with Gasteiger partial charge in [0.05, 0.1) is 10.0 Å². The van der Waals surface area contributed by atoms with E-state index >= 15 is 0 Å². The van der Waals surface area contributed by atoms with Crippen molar-refractivity contribution in [3.05, 3.63) is 61.0 Å². The molecule has 0 saturated heterocycles. The maximum absolute atomic E-state index is 11.1. The van der Waals surface area contributed by atoms with Gasteiger partial charge in [-0.3, -0.25) is 4.79 Å². The Morgan fingerprint density at radius 1 is 1.15 bits per heavy atom. The van der Waals surface area contributed by atoms with E-state index in [1.165, 1.54) is 6.07 Å². The lowest BCUT2D eigenvalue weighted by Gasteiger charge is -2.13. The minimum atomic E-state index is 0.152. The van der Waals surface area contributed by atoms with Crippen molar-refractivity contribution in [3.8, 4) is 5.75 Å². The van der Waals surface area contributed by atoms with Crippen LogP contribution >= 0.6 is 50.7 Å². The summed E-state index contributed by atoms with van der Waals surface area (Å²) in [4.78, 5) is 11.1. The van der Waals surface area contributed by atoms with Gasteiger partial charge < -0.3 is 4.74 Å². The van der Waals surface area contributed by atoms with Crippen LogP contribution in [0.1, 0.15) is 15.9 Å². The second-order valence-electron chi connectivity index (χ2n) is 3.91. The second kappa shape index (κ2) is 6.81. The van der Waals surface area contributed by atoms with Gasteiger partial charge in [-0.15, -0.1) is 0 Å². The zero-order valence-electron chi connectivity index (χ0n) is 10.00. The third-order valence-electron chi connectivity index (χ3n) is 2.59. The number of benzene rings is 2. The Hall–Kier alpha value is -0.740. The third kappa shape index (κ3) is 3.47. The van der Waals surface area contributed by atoms with Crippen LogP contribution in [0.3, 0.4) is 0 Å². The highest BCUT2D eigenvalue weighted by Gasteiger charge is 2.12. The van der Waals surface area contributed by atoms with Crippen LogP contribution in [0.25, 0.3) is 0 Å². The largest absolute Gasteiger partial charge is 0.487 e. The number of halogens is 4. The van der Waals surface area contributed by atoms with Crippen LogP contribution in [0, 0.1) is 0 Å². The summed E-state index contributed by atoms with van der Waals surface area (Å²) in [6.45, 7) is 0.152. The minimum Gasteiger partial charge on any atom is -0.487 e. The number of carbonyl (C=O) groups is 1. The summed E-state index contributed by atoms with van der Waals surface area (Å²) in [5.74, 6) is 0.403. The lowest BCUT2D eigenvalue weighted by atomic mass is 10.2. The van der Waals surface area contributed by atoms with Gasteiger partial charge in [-0.05, 0) is 40.2 Å². The number of hydrogen-bond donors (Lipinski definition) is 0. The van der Waals surface area contributed by atoms with E-state index in [9.17, 15) is 4.79 Å². The number of rotatable bonds is 4. The number of hydrogen-bond acceptors (Lipinski definition) is 2. The van der Waals surface area contributed by atoms with Crippen molar-refractivity contribution < 1.29 is 9.53 Å². The Morgan fingerprint density at radius 3 is 2.40 bits per heavy atom. The second-order valence-corrected chi connectivity index (χ2v) is 6.02. The molecule has 0 heterocycles. The average Bonchev–Trinajstić information content (AvgIpc) is 2.39. The molecule has 0 bridgehead atoms. The molecule has 6 heteroatoms. The van der Waals surface area contributed by atoms with Gasteiger partial charge in [-0.1, -0.05) is 40.9 Å². The van der Waals surface area contributed by atoms with Crippen molar-refractivity contribution >= 4 is 57.0 Å². The molecule has 0 unspecified atom stereocenters. The maximum Gasteiger partial charge on any atom is 0.153 e. The van der Waals surface area contributed by atoms with Crippen LogP contribution in [-0.2, 0) is 6.61 Å². The molecule has 0 N–H and O–H groups in total. The number of aldehydes is 1. The van der Waals surface area contributed by atoms with Crippen molar-refractivity contribution in [2.45, 2.75) is 6.61 Å². The van der Waals surface area contributed by atoms with E-state index in [0.29, 0.717) is 42.7 Å². The fourth-order valence-electron chi connectivity index (χ4n) is 1.63. The number of ether oxygens (including phenoxy) is 1. The zero-order valence-corrected chi connectivity index (χ0v) is 13.9. The smallest absolute Gasteiger partial charge is 0.153 e. The highest BCUT2D eigenvalue weighted by Crippen LogP contribution is 2.33.